The lowest BCUT2D eigenvalue weighted by atomic mass is 10.0. The predicted molar refractivity (Wildman–Crippen MR) is 99.4 cm³/mol. The highest BCUT2D eigenvalue weighted by Crippen LogP contribution is 2.41. The number of rotatable bonds is 10. The van der Waals surface area contributed by atoms with E-state index in [1.807, 2.05) is 45.9 Å². The van der Waals surface area contributed by atoms with Crippen molar-refractivity contribution in [2.45, 2.75) is 52.6 Å². The van der Waals surface area contributed by atoms with Gasteiger partial charge in [0, 0.05) is 31.6 Å². The molecule has 1 N–H and O–H groups in total. The minimum absolute atomic E-state index is 0.222. The summed E-state index contributed by atoms with van der Waals surface area (Å²) in [4.78, 5) is 0. The first-order chi connectivity index (χ1) is 11.8. The first-order valence-corrected chi connectivity index (χ1v) is 10.4. The molecule has 1 aliphatic rings. The fourth-order valence-electron chi connectivity index (χ4n) is 2.97. The zero-order valence-corrected chi connectivity index (χ0v) is 16.5. The lowest BCUT2D eigenvalue weighted by Gasteiger charge is -2.21. The molecule has 0 saturated carbocycles. The maximum absolute atomic E-state index is 12.3. The first kappa shape index (κ1) is 20.0. The first-order valence-electron chi connectivity index (χ1n) is 8.97. The van der Waals surface area contributed by atoms with Crippen molar-refractivity contribution in [3.63, 3.8) is 0 Å². The van der Waals surface area contributed by atoms with Crippen LogP contribution >= 0.6 is 0 Å². The van der Waals surface area contributed by atoms with E-state index in [4.69, 9.17) is 9.47 Å². The highest BCUT2D eigenvalue weighted by Gasteiger charge is 2.32. The number of benzene rings is 1. The summed E-state index contributed by atoms with van der Waals surface area (Å²) in [6.07, 6.45) is 2.43. The standard InChI is InChI=1S/C18H30N2O4S/c1-5-11-20(12-6-2)25(21,22)19-10-13-23-16-9-7-8-15-14-18(3,4)24-17(15)16/h7-9,19H,5-6,10-14H2,1-4H3. The van der Waals surface area contributed by atoms with E-state index in [1.54, 1.807) is 0 Å². The van der Waals surface area contributed by atoms with Crippen LogP contribution in [-0.2, 0) is 16.6 Å². The fourth-order valence-corrected chi connectivity index (χ4v) is 4.34. The Morgan fingerprint density at radius 1 is 1.24 bits per heavy atom. The number of hydrogen-bond donors (Lipinski definition) is 1. The molecule has 0 radical (unpaired) electrons. The van der Waals surface area contributed by atoms with Crippen LogP contribution in [0.2, 0.25) is 0 Å². The Balaban J connectivity index is 1.89. The summed E-state index contributed by atoms with van der Waals surface area (Å²) in [5, 5.41) is 0. The molecule has 1 aromatic carbocycles. The van der Waals surface area contributed by atoms with Gasteiger partial charge in [-0.15, -0.1) is 0 Å². The maximum atomic E-state index is 12.3. The molecule has 0 atom stereocenters. The lowest BCUT2D eigenvalue weighted by Crippen LogP contribution is -2.42. The molecule has 0 amide bonds. The molecular formula is C18H30N2O4S. The molecule has 0 fully saturated rings. The average molecular weight is 371 g/mol. The van der Waals surface area contributed by atoms with Crippen LogP contribution in [-0.4, -0.2) is 44.6 Å². The third kappa shape index (κ3) is 5.33. The lowest BCUT2D eigenvalue weighted by molar-refractivity contribution is 0.132. The van der Waals surface area contributed by atoms with Gasteiger partial charge in [0.15, 0.2) is 11.5 Å². The molecule has 25 heavy (non-hydrogen) atoms. The quantitative estimate of drug-likeness (QED) is 0.643. The van der Waals surface area contributed by atoms with Crippen molar-refractivity contribution in [2.24, 2.45) is 0 Å². The van der Waals surface area contributed by atoms with Crippen LogP contribution in [0.1, 0.15) is 46.1 Å². The van der Waals surface area contributed by atoms with Gasteiger partial charge in [0.05, 0.1) is 0 Å². The fraction of sp³-hybridized carbons (Fsp3) is 0.667. The zero-order valence-electron chi connectivity index (χ0n) is 15.7. The second-order valence-electron chi connectivity index (χ2n) is 6.93. The minimum Gasteiger partial charge on any atom is -0.488 e. The van der Waals surface area contributed by atoms with Crippen LogP contribution < -0.4 is 14.2 Å². The van der Waals surface area contributed by atoms with Crippen LogP contribution in [0.5, 0.6) is 11.5 Å². The van der Waals surface area contributed by atoms with Crippen molar-refractivity contribution in [3.8, 4) is 11.5 Å². The van der Waals surface area contributed by atoms with Gasteiger partial charge in [-0.2, -0.15) is 17.4 Å². The van der Waals surface area contributed by atoms with Crippen LogP contribution in [0.4, 0.5) is 0 Å². The van der Waals surface area contributed by atoms with E-state index in [-0.39, 0.29) is 18.8 Å². The minimum atomic E-state index is -3.46. The number of ether oxygens (including phenoxy) is 2. The number of para-hydroxylation sites is 1. The molecular weight excluding hydrogens is 340 g/mol. The summed E-state index contributed by atoms with van der Waals surface area (Å²) < 4.78 is 40.5. The van der Waals surface area contributed by atoms with Crippen LogP contribution in [0, 0.1) is 0 Å². The van der Waals surface area contributed by atoms with Gasteiger partial charge in [0.2, 0.25) is 0 Å². The van der Waals surface area contributed by atoms with E-state index >= 15 is 0 Å². The van der Waals surface area contributed by atoms with Crippen LogP contribution in [0.15, 0.2) is 18.2 Å². The molecule has 0 aliphatic carbocycles. The number of fused-ring (bicyclic) bond motifs is 1. The molecule has 142 valence electrons. The van der Waals surface area contributed by atoms with Gasteiger partial charge in [0.25, 0.3) is 10.2 Å². The van der Waals surface area contributed by atoms with Crippen molar-refractivity contribution < 1.29 is 17.9 Å². The SMILES string of the molecule is CCCN(CCC)S(=O)(=O)NCCOc1cccc2c1OC(C)(C)C2. The van der Waals surface area contributed by atoms with E-state index in [9.17, 15) is 8.42 Å². The molecule has 1 heterocycles. The molecule has 0 bridgehead atoms. The Bertz CT molecular complexity index is 668. The van der Waals surface area contributed by atoms with Gasteiger partial charge in [-0.25, -0.2) is 0 Å². The van der Waals surface area contributed by atoms with Gasteiger partial charge in [-0.05, 0) is 32.8 Å². The van der Waals surface area contributed by atoms with Gasteiger partial charge in [0.1, 0.15) is 12.2 Å². The van der Waals surface area contributed by atoms with Crippen molar-refractivity contribution in [2.75, 3.05) is 26.2 Å². The zero-order chi connectivity index (χ0) is 18.5. The van der Waals surface area contributed by atoms with E-state index < -0.39 is 10.2 Å². The summed E-state index contributed by atoms with van der Waals surface area (Å²) in [6, 6.07) is 5.83. The summed E-state index contributed by atoms with van der Waals surface area (Å²) in [5.41, 5.74) is 0.893. The second-order valence-corrected chi connectivity index (χ2v) is 8.69. The number of nitrogens with one attached hydrogen (secondary N) is 1. The molecule has 7 heteroatoms. The average Bonchev–Trinajstić information content (AvgIpc) is 2.86. The normalized spacial score (nSPS) is 15.9. The summed E-state index contributed by atoms with van der Waals surface area (Å²) in [5.74, 6) is 1.44. The molecule has 0 saturated heterocycles. The molecule has 2 rings (SSSR count). The number of hydrogen-bond acceptors (Lipinski definition) is 4. The predicted octanol–water partition coefficient (Wildman–Crippen LogP) is 2.74. The molecule has 1 aromatic rings. The highest BCUT2D eigenvalue weighted by atomic mass is 32.2. The van der Waals surface area contributed by atoms with E-state index in [0.29, 0.717) is 18.8 Å². The van der Waals surface area contributed by atoms with Crippen molar-refractivity contribution in [3.05, 3.63) is 23.8 Å². The number of nitrogens with zero attached hydrogens (tertiary/aromatic N) is 1. The van der Waals surface area contributed by atoms with E-state index in [1.165, 1.54) is 4.31 Å². The van der Waals surface area contributed by atoms with Gasteiger partial charge < -0.3 is 9.47 Å². The Kier molecular flexibility index (Phi) is 6.71. The molecule has 1 aliphatic heterocycles. The second kappa shape index (κ2) is 8.38. The molecule has 0 spiro atoms. The third-order valence-corrected chi connectivity index (χ3v) is 5.60. The topological polar surface area (TPSA) is 67.9 Å². The summed E-state index contributed by atoms with van der Waals surface area (Å²) in [6.45, 7) is 9.56. The van der Waals surface area contributed by atoms with Crippen molar-refractivity contribution in [1.29, 1.82) is 0 Å². The maximum Gasteiger partial charge on any atom is 0.279 e. The van der Waals surface area contributed by atoms with Gasteiger partial charge >= 0.3 is 0 Å². The Hall–Kier alpha value is -1.31. The van der Waals surface area contributed by atoms with Crippen LogP contribution in [0.25, 0.3) is 0 Å². The molecule has 0 aromatic heterocycles. The Morgan fingerprint density at radius 2 is 1.92 bits per heavy atom. The molecule has 0 unspecified atom stereocenters. The van der Waals surface area contributed by atoms with Crippen LogP contribution in [0.3, 0.4) is 0 Å². The summed E-state index contributed by atoms with van der Waals surface area (Å²) >= 11 is 0. The Labute approximate surface area is 151 Å². The van der Waals surface area contributed by atoms with Gasteiger partial charge in [-0.1, -0.05) is 26.0 Å². The van der Waals surface area contributed by atoms with Crippen molar-refractivity contribution in [1.82, 2.24) is 9.03 Å². The van der Waals surface area contributed by atoms with Gasteiger partial charge in [-0.3, -0.25) is 0 Å². The molecule has 6 nitrogen and oxygen atoms in total. The highest BCUT2D eigenvalue weighted by molar-refractivity contribution is 7.87. The van der Waals surface area contributed by atoms with Crippen molar-refractivity contribution >= 4 is 10.2 Å². The monoisotopic (exact) mass is 370 g/mol. The third-order valence-electron chi connectivity index (χ3n) is 3.99. The largest absolute Gasteiger partial charge is 0.488 e. The smallest absolute Gasteiger partial charge is 0.279 e. The van der Waals surface area contributed by atoms with E-state index in [0.717, 1.165) is 30.6 Å². The summed E-state index contributed by atoms with van der Waals surface area (Å²) in [7, 11) is -3.46. The van der Waals surface area contributed by atoms with E-state index in [2.05, 4.69) is 4.72 Å². The Morgan fingerprint density at radius 3 is 2.56 bits per heavy atom.